The van der Waals surface area contributed by atoms with Gasteiger partial charge in [-0.25, -0.2) is 9.80 Å². The summed E-state index contributed by atoms with van der Waals surface area (Å²) in [4.78, 5) is 55.9. The quantitative estimate of drug-likeness (QED) is 0.286. The molecule has 0 N–H and O–H groups in total. The summed E-state index contributed by atoms with van der Waals surface area (Å²) < 4.78 is 5.48. The van der Waals surface area contributed by atoms with Crippen molar-refractivity contribution in [1.29, 1.82) is 0 Å². The molecule has 4 aliphatic rings. The van der Waals surface area contributed by atoms with Gasteiger partial charge in [0.2, 0.25) is 5.91 Å². The average molecular weight is 478 g/mol. The van der Waals surface area contributed by atoms with Gasteiger partial charge in [-0.2, -0.15) is 10.1 Å². The summed E-state index contributed by atoms with van der Waals surface area (Å²) in [5, 5.41) is 14.4. The fraction of sp³-hybridized carbons (Fsp3) is 0.292. The van der Waals surface area contributed by atoms with Crippen LogP contribution in [0.15, 0.2) is 66.2 Å². The third kappa shape index (κ3) is 3.69. The molecule has 2 bridgehead atoms. The number of nitro benzene ring substituents is 1. The van der Waals surface area contributed by atoms with E-state index in [0.29, 0.717) is 11.1 Å². The molecule has 4 aliphatic heterocycles. The molecule has 180 valence electrons. The number of hydrogen-bond acceptors (Lipinski definition) is 7. The van der Waals surface area contributed by atoms with Crippen LogP contribution in [-0.4, -0.2) is 56.2 Å². The Hall–Kier alpha value is -4.25. The van der Waals surface area contributed by atoms with Gasteiger partial charge < -0.3 is 4.74 Å². The molecule has 4 atom stereocenters. The lowest BCUT2D eigenvalue weighted by Gasteiger charge is -2.49. The lowest BCUT2D eigenvalue weighted by Crippen LogP contribution is -2.70. The highest BCUT2D eigenvalue weighted by Crippen LogP contribution is 2.43. The molecule has 0 radical (unpaired) electrons. The van der Waals surface area contributed by atoms with Crippen molar-refractivity contribution in [2.24, 2.45) is 5.92 Å². The zero-order valence-corrected chi connectivity index (χ0v) is 18.9. The van der Waals surface area contributed by atoms with Crippen molar-refractivity contribution in [3.63, 3.8) is 0 Å². The van der Waals surface area contributed by atoms with Gasteiger partial charge in [0.15, 0.2) is 6.17 Å². The highest BCUT2D eigenvalue weighted by molar-refractivity contribution is 5.95. The van der Waals surface area contributed by atoms with Crippen molar-refractivity contribution >= 4 is 23.6 Å². The molecule has 2 fully saturated rings. The second-order valence-corrected chi connectivity index (χ2v) is 8.63. The SMILES string of the molecule is CC1=C[C@H]2N(C(=O)c3ccccc3)O[C@H]1[C@H]1[C@@H](C)C(=O)N1N2C(=O)OCc1ccc([N+](=O)[O-])cc1. The zero-order chi connectivity index (χ0) is 24.9. The van der Waals surface area contributed by atoms with Crippen molar-refractivity contribution in [1.82, 2.24) is 15.1 Å². The third-order valence-corrected chi connectivity index (χ3v) is 6.45. The number of nitrogens with zero attached hydrogens (tertiary/aromatic N) is 4. The van der Waals surface area contributed by atoms with Crippen molar-refractivity contribution in [2.75, 3.05) is 0 Å². The number of carbonyl (C=O) groups excluding carboxylic acids is 3. The molecule has 6 rings (SSSR count). The lowest BCUT2D eigenvalue weighted by atomic mass is 9.84. The summed E-state index contributed by atoms with van der Waals surface area (Å²) in [6.07, 6.45) is -0.760. The number of nitro groups is 1. The molecule has 2 aromatic rings. The van der Waals surface area contributed by atoms with E-state index in [0.717, 1.165) is 15.6 Å². The van der Waals surface area contributed by atoms with Crippen LogP contribution in [0.25, 0.3) is 0 Å². The van der Waals surface area contributed by atoms with Crippen molar-refractivity contribution in [2.45, 2.75) is 38.8 Å². The highest BCUT2D eigenvalue weighted by atomic mass is 16.7. The lowest BCUT2D eigenvalue weighted by molar-refractivity contribution is -0.384. The summed E-state index contributed by atoms with van der Waals surface area (Å²) in [6, 6.07) is 13.6. The van der Waals surface area contributed by atoms with E-state index >= 15 is 0 Å². The first-order valence-corrected chi connectivity index (χ1v) is 11.0. The van der Waals surface area contributed by atoms with Crippen LogP contribution < -0.4 is 0 Å². The summed E-state index contributed by atoms with van der Waals surface area (Å²) in [5.74, 6) is -1.16. The Labute approximate surface area is 200 Å². The molecule has 2 aromatic carbocycles. The fourth-order valence-electron chi connectivity index (χ4n) is 4.56. The minimum absolute atomic E-state index is 0.0829. The molecule has 0 saturated carbocycles. The number of ether oxygens (including phenoxy) is 1. The van der Waals surface area contributed by atoms with Crippen LogP contribution in [0.4, 0.5) is 10.5 Å². The van der Waals surface area contributed by atoms with Crippen LogP contribution >= 0.6 is 0 Å². The number of carbonyl (C=O) groups is 3. The minimum atomic E-state index is -1.04. The second kappa shape index (κ2) is 8.51. The maximum atomic E-state index is 13.3. The Morgan fingerprint density at radius 3 is 2.46 bits per heavy atom. The van der Waals surface area contributed by atoms with Crippen LogP contribution in [-0.2, 0) is 21.0 Å². The van der Waals surface area contributed by atoms with E-state index < -0.39 is 41.2 Å². The second-order valence-electron chi connectivity index (χ2n) is 8.63. The van der Waals surface area contributed by atoms with Gasteiger partial charge in [-0.05, 0) is 48.4 Å². The molecule has 4 heterocycles. The molecular weight excluding hydrogens is 456 g/mol. The Morgan fingerprint density at radius 2 is 1.80 bits per heavy atom. The summed E-state index contributed by atoms with van der Waals surface area (Å²) >= 11 is 0. The number of amides is 3. The summed E-state index contributed by atoms with van der Waals surface area (Å²) in [7, 11) is 0. The summed E-state index contributed by atoms with van der Waals surface area (Å²) in [6.45, 7) is 3.41. The average Bonchev–Trinajstić information content (AvgIpc) is 3.07. The normalized spacial score (nSPS) is 24.8. The van der Waals surface area contributed by atoms with Crippen molar-refractivity contribution in [3.05, 3.63) is 87.5 Å². The van der Waals surface area contributed by atoms with Gasteiger partial charge in [0.1, 0.15) is 12.7 Å². The molecule has 3 amide bonds. The van der Waals surface area contributed by atoms with E-state index in [1.807, 2.05) is 6.92 Å². The predicted octanol–water partition coefficient (Wildman–Crippen LogP) is 3.04. The van der Waals surface area contributed by atoms with Crippen LogP contribution in [0.1, 0.15) is 29.8 Å². The fourth-order valence-corrected chi connectivity index (χ4v) is 4.56. The van der Waals surface area contributed by atoms with Crippen LogP contribution in [0, 0.1) is 16.0 Å². The first kappa shape index (κ1) is 22.5. The molecule has 0 aromatic heterocycles. The molecule has 0 aliphatic carbocycles. The molecular formula is C24H22N4O7. The van der Waals surface area contributed by atoms with Gasteiger partial charge in [0.05, 0.1) is 16.9 Å². The van der Waals surface area contributed by atoms with Gasteiger partial charge in [0, 0.05) is 17.7 Å². The van der Waals surface area contributed by atoms with Crippen molar-refractivity contribution in [3.8, 4) is 0 Å². The van der Waals surface area contributed by atoms with E-state index in [2.05, 4.69) is 0 Å². The Kier molecular flexibility index (Phi) is 5.48. The first-order valence-electron chi connectivity index (χ1n) is 11.0. The molecule has 0 unspecified atom stereocenters. The Morgan fingerprint density at radius 1 is 1.11 bits per heavy atom. The Bertz CT molecular complexity index is 1230. The van der Waals surface area contributed by atoms with E-state index in [1.54, 1.807) is 43.3 Å². The van der Waals surface area contributed by atoms with Crippen LogP contribution in [0.2, 0.25) is 0 Å². The minimum Gasteiger partial charge on any atom is -0.443 e. The van der Waals surface area contributed by atoms with Crippen molar-refractivity contribution < 1.29 is 28.9 Å². The molecule has 35 heavy (non-hydrogen) atoms. The predicted molar refractivity (Wildman–Crippen MR) is 120 cm³/mol. The molecule has 11 nitrogen and oxygen atoms in total. The van der Waals surface area contributed by atoms with E-state index in [-0.39, 0.29) is 18.2 Å². The van der Waals surface area contributed by atoms with Gasteiger partial charge in [0.25, 0.3) is 11.6 Å². The number of hydroxylamine groups is 2. The number of hydrogen-bond donors (Lipinski definition) is 0. The number of benzene rings is 2. The molecule has 2 saturated heterocycles. The first-order chi connectivity index (χ1) is 16.8. The molecule has 11 heteroatoms. The van der Waals surface area contributed by atoms with Crippen LogP contribution in [0.5, 0.6) is 0 Å². The van der Waals surface area contributed by atoms with Gasteiger partial charge in [-0.3, -0.25) is 24.5 Å². The highest BCUT2D eigenvalue weighted by Gasteiger charge is 2.61. The molecule has 0 spiro atoms. The largest absolute Gasteiger partial charge is 0.443 e. The summed E-state index contributed by atoms with van der Waals surface area (Å²) in [5.41, 5.74) is 1.61. The number of β-lactam (4-membered cyclic amide) rings is 1. The maximum Gasteiger partial charge on any atom is 0.431 e. The maximum absolute atomic E-state index is 13.3. The van der Waals surface area contributed by atoms with E-state index in [4.69, 9.17) is 9.57 Å². The van der Waals surface area contributed by atoms with Gasteiger partial charge >= 0.3 is 6.09 Å². The standard InChI is InChI=1S/C24H22N4O7/c1-14-12-19-25(24(31)34-13-16-8-10-18(11-9-16)28(32)33)26-20(15(2)22(26)29)21(14)35-27(19)23(30)17-6-4-3-5-7-17/h3-12,15,19-21H,13H2,1-2H3/t15-,19-,20-,21-/m1/s1. The number of rotatable bonds is 4. The topological polar surface area (TPSA) is 123 Å². The van der Waals surface area contributed by atoms with E-state index in [1.165, 1.54) is 29.3 Å². The van der Waals surface area contributed by atoms with Crippen LogP contribution in [0.3, 0.4) is 0 Å². The third-order valence-electron chi connectivity index (χ3n) is 6.45. The monoisotopic (exact) mass is 478 g/mol. The number of non-ortho nitro benzene ring substituents is 1. The smallest absolute Gasteiger partial charge is 0.431 e. The van der Waals surface area contributed by atoms with E-state index in [9.17, 15) is 24.5 Å². The Balaban J connectivity index is 1.44. The van der Waals surface area contributed by atoms with Gasteiger partial charge in [-0.1, -0.05) is 25.1 Å². The number of fused-ring (bicyclic) bond motifs is 1. The zero-order valence-electron chi connectivity index (χ0n) is 18.9. The van der Waals surface area contributed by atoms with Gasteiger partial charge in [-0.15, -0.1) is 0 Å². The number of hydrazine groups is 1.